The van der Waals surface area contributed by atoms with Gasteiger partial charge >= 0.3 is 0 Å². The zero-order valence-corrected chi connectivity index (χ0v) is 6.76. The number of rotatable bonds is 0. The second-order valence-electron chi connectivity index (χ2n) is 3.03. The Morgan fingerprint density at radius 1 is 1.25 bits per heavy atom. The van der Waals surface area contributed by atoms with Gasteiger partial charge in [-0.1, -0.05) is 18.2 Å². The molecule has 0 radical (unpaired) electrons. The maximum atomic E-state index is 11.2. The summed E-state index contributed by atoms with van der Waals surface area (Å²) >= 11 is 0. The van der Waals surface area contributed by atoms with Gasteiger partial charge in [-0.05, 0) is 18.1 Å². The molecule has 2 nitrogen and oxygen atoms in total. The van der Waals surface area contributed by atoms with E-state index < -0.39 is 0 Å². The molecule has 0 amide bonds. The number of carbonyl (C=O) groups is 2. The van der Waals surface area contributed by atoms with Crippen molar-refractivity contribution >= 4 is 11.6 Å². The fourth-order valence-electron chi connectivity index (χ4n) is 1.54. The summed E-state index contributed by atoms with van der Waals surface area (Å²) in [6.45, 7) is 1.92. The van der Waals surface area contributed by atoms with E-state index in [0.717, 1.165) is 11.1 Å². The maximum Gasteiger partial charge on any atom is 0.229 e. The number of hydrogen-bond acceptors (Lipinski definition) is 2. The molecule has 60 valence electrons. The van der Waals surface area contributed by atoms with Crippen molar-refractivity contribution in [3.63, 3.8) is 0 Å². The van der Waals surface area contributed by atoms with E-state index in [2.05, 4.69) is 0 Å². The minimum absolute atomic E-state index is 0.278. The van der Waals surface area contributed by atoms with Gasteiger partial charge in [0, 0.05) is 12.0 Å². The standard InChI is InChI=1S/C10H8O2/c1-6-3-2-4-7-8(6)5-9(11)10(7)12/h2-4H,5H2,1H3. The highest BCUT2D eigenvalue weighted by molar-refractivity contribution is 6.47. The van der Waals surface area contributed by atoms with E-state index in [0.29, 0.717) is 12.0 Å². The van der Waals surface area contributed by atoms with E-state index in [1.54, 1.807) is 6.07 Å². The van der Waals surface area contributed by atoms with Crippen molar-refractivity contribution in [2.45, 2.75) is 13.3 Å². The number of hydrogen-bond donors (Lipinski definition) is 0. The third-order valence-corrected chi connectivity index (χ3v) is 2.25. The first kappa shape index (κ1) is 7.22. The molecule has 2 rings (SSSR count). The molecule has 0 aromatic heterocycles. The van der Waals surface area contributed by atoms with Crippen molar-refractivity contribution < 1.29 is 9.59 Å². The van der Waals surface area contributed by atoms with Crippen molar-refractivity contribution in [2.75, 3.05) is 0 Å². The van der Waals surface area contributed by atoms with Gasteiger partial charge in [0.15, 0.2) is 0 Å². The van der Waals surface area contributed by atoms with Crippen molar-refractivity contribution in [3.8, 4) is 0 Å². The SMILES string of the molecule is Cc1cccc2c1CC(=O)C2=O. The Morgan fingerprint density at radius 2 is 2.00 bits per heavy atom. The molecule has 0 fully saturated rings. The molecule has 0 saturated carbocycles. The molecule has 0 bridgehead atoms. The molecule has 1 aliphatic rings. The molecule has 1 aliphatic carbocycles. The number of fused-ring (bicyclic) bond motifs is 1. The maximum absolute atomic E-state index is 11.2. The second kappa shape index (κ2) is 2.27. The quantitative estimate of drug-likeness (QED) is 0.536. The Morgan fingerprint density at radius 3 is 2.67 bits per heavy atom. The molecule has 0 saturated heterocycles. The van der Waals surface area contributed by atoms with Crippen LogP contribution in [0.5, 0.6) is 0 Å². The summed E-state index contributed by atoms with van der Waals surface area (Å²) in [5, 5.41) is 0. The molecule has 0 atom stereocenters. The summed E-state index contributed by atoms with van der Waals surface area (Å²) in [5.74, 6) is -0.604. The number of ketones is 2. The van der Waals surface area contributed by atoms with E-state index in [9.17, 15) is 9.59 Å². The van der Waals surface area contributed by atoms with Gasteiger partial charge in [0.05, 0.1) is 0 Å². The van der Waals surface area contributed by atoms with Crippen LogP contribution in [0.2, 0.25) is 0 Å². The number of benzene rings is 1. The van der Waals surface area contributed by atoms with Crippen molar-refractivity contribution in [3.05, 3.63) is 34.9 Å². The zero-order valence-electron chi connectivity index (χ0n) is 6.76. The molecule has 0 unspecified atom stereocenters. The molecule has 2 heteroatoms. The normalized spacial score (nSPS) is 15.1. The summed E-state index contributed by atoms with van der Waals surface area (Å²) < 4.78 is 0. The topological polar surface area (TPSA) is 34.1 Å². The van der Waals surface area contributed by atoms with Crippen molar-refractivity contribution in [1.29, 1.82) is 0 Å². The molecule has 12 heavy (non-hydrogen) atoms. The van der Waals surface area contributed by atoms with Gasteiger partial charge in [-0.25, -0.2) is 0 Å². The Hall–Kier alpha value is -1.44. The Kier molecular flexibility index (Phi) is 1.37. The van der Waals surface area contributed by atoms with Crippen LogP contribution in [-0.4, -0.2) is 11.6 Å². The molecule has 0 N–H and O–H groups in total. The highest BCUT2D eigenvalue weighted by Crippen LogP contribution is 2.22. The number of aryl methyl sites for hydroxylation is 1. The van der Waals surface area contributed by atoms with Crippen LogP contribution in [0, 0.1) is 6.92 Å². The first-order valence-corrected chi connectivity index (χ1v) is 3.86. The smallest absolute Gasteiger partial charge is 0.229 e. The zero-order chi connectivity index (χ0) is 8.72. The highest BCUT2D eigenvalue weighted by Gasteiger charge is 2.28. The third-order valence-electron chi connectivity index (χ3n) is 2.25. The van der Waals surface area contributed by atoms with Crippen LogP contribution in [0.3, 0.4) is 0 Å². The summed E-state index contributed by atoms with van der Waals surface area (Å²) in [6.07, 6.45) is 0.292. The van der Waals surface area contributed by atoms with Gasteiger partial charge < -0.3 is 0 Å². The van der Waals surface area contributed by atoms with E-state index in [4.69, 9.17) is 0 Å². The second-order valence-corrected chi connectivity index (χ2v) is 3.03. The van der Waals surface area contributed by atoms with Crippen LogP contribution in [0.4, 0.5) is 0 Å². The fourth-order valence-corrected chi connectivity index (χ4v) is 1.54. The molecule has 1 aromatic carbocycles. The Bertz CT molecular complexity index is 377. The van der Waals surface area contributed by atoms with Crippen molar-refractivity contribution in [2.24, 2.45) is 0 Å². The molecule has 0 heterocycles. The monoisotopic (exact) mass is 160 g/mol. The van der Waals surface area contributed by atoms with Crippen LogP contribution in [0.15, 0.2) is 18.2 Å². The van der Waals surface area contributed by atoms with Crippen LogP contribution in [-0.2, 0) is 11.2 Å². The van der Waals surface area contributed by atoms with Crippen LogP contribution in [0.25, 0.3) is 0 Å². The van der Waals surface area contributed by atoms with E-state index in [1.165, 1.54) is 0 Å². The van der Waals surface area contributed by atoms with Gasteiger partial charge in [0.1, 0.15) is 0 Å². The van der Waals surface area contributed by atoms with E-state index >= 15 is 0 Å². The van der Waals surface area contributed by atoms with Crippen LogP contribution in [0.1, 0.15) is 21.5 Å². The molecular weight excluding hydrogens is 152 g/mol. The lowest BCUT2D eigenvalue weighted by molar-refractivity contribution is -0.114. The molecule has 0 aliphatic heterocycles. The summed E-state index contributed by atoms with van der Waals surface area (Å²) in [7, 11) is 0. The van der Waals surface area contributed by atoms with Gasteiger partial charge in [-0.3, -0.25) is 9.59 Å². The largest absolute Gasteiger partial charge is 0.290 e. The average Bonchev–Trinajstić information content (AvgIpc) is 2.32. The highest BCUT2D eigenvalue weighted by atomic mass is 16.2. The molecule has 0 spiro atoms. The molecular formula is C10H8O2. The van der Waals surface area contributed by atoms with Crippen LogP contribution < -0.4 is 0 Å². The molecule has 1 aromatic rings. The van der Waals surface area contributed by atoms with Gasteiger partial charge in [0.2, 0.25) is 11.6 Å². The lowest BCUT2D eigenvalue weighted by Crippen LogP contribution is -2.05. The summed E-state index contributed by atoms with van der Waals surface area (Å²) in [4.78, 5) is 22.2. The number of Topliss-reactive ketones (excluding diaryl/α,β-unsaturated/α-hetero) is 2. The minimum Gasteiger partial charge on any atom is -0.290 e. The average molecular weight is 160 g/mol. The fraction of sp³-hybridized carbons (Fsp3) is 0.200. The number of carbonyl (C=O) groups excluding carboxylic acids is 2. The van der Waals surface area contributed by atoms with E-state index in [-0.39, 0.29) is 11.6 Å². The minimum atomic E-state index is -0.325. The Labute approximate surface area is 70.2 Å². The van der Waals surface area contributed by atoms with Gasteiger partial charge in [0.25, 0.3) is 0 Å². The first-order chi connectivity index (χ1) is 5.70. The summed E-state index contributed by atoms with van der Waals surface area (Å²) in [5.41, 5.74) is 2.54. The Balaban J connectivity index is 2.68. The lowest BCUT2D eigenvalue weighted by Gasteiger charge is -1.98. The lowest BCUT2D eigenvalue weighted by atomic mass is 10.1. The van der Waals surface area contributed by atoms with Gasteiger partial charge in [-0.15, -0.1) is 0 Å². The van der Waals surface area contributed by atoms with Crippen molar-refractivity contribution in [1.82, 2.24) is 0 Å². The van der Waals surface area contributed by atoms with Gasteiger partial charge in [-0.2, -0.15) is 0 Å². The van der Waals surface area contributed by atoms with Crippen LogP contribution >= 0.6 is 0 Å². The first-order valence-electron chi connectivity index (χ1n) is 3.86. The predicted molar refractivity (Wildman–Crippen MR) is 44.2 cm³/mol. The predicted octanol–water partition coefficient (Wildman–Crippen LogP) is 1.30. The third kappa shape index (κ3) is 0.811. The summed E-state index contributed by atoms with van der Waals surface area (Å²) in [6, 6.07) is 5.45. The van der Waals surface area contributed by atoms with E-state index in [1.807, 2.05) is 19.1 Å².